The van der Waals surface area contributed by atoms with E-state index in [0.717, 1.165) is 41.7 Å². The number of benzene rings is 1. The Morgan fingerprint density at radius 3 is 2.68 bits per heavy atom. The highest BCUT2D eigenvalue weighted by molar-refractivity contribution is 7.71. The molecule has 148 valence electrons. The molecular formula is C19H23N4O3S2+. The van der Waals surface area contributed by atoms with E-state index >= 15 is 0 Å². The van der Waals surface area contributed by atoms with Crippen molar-refractivity contribution in [3.8, 4) is 11.5 Å². The summed E-state index contributed by atoms with van der Waals surface area (Å²) >= 11 is 7.00. The van der Waals surface area contributed by atoms with Crippen molar-refractivity contribution in [3.63, 3.8) is 0 Å². The minimum atomic E-state index is 0.410. The van der Waals surface area contributed by atoms with E-state index in [-0.39, 0.29) is 0 Å². The number of nitrogens with zero attached hydrogens (tertiary/aromatic N) is 3. The summed E-state index contributed by atoms with van der Waals surface area (Å²) in [7, 11) is 3.33. The third-order valence-corrected chi connectivity index (χ3v) is 6.03. The molecule has 3 heterocycles. The molecule has 0 spiro atoms. The van der Waals surface area contributed by atoms with Crippen LogP contribution in [0.25, 0.3) is 0 Å². The average Bonchev–Trinajstić information content (AvgIpc) is 3.25. The summed E-state index contributed by atoms with van der Waals surface area (Å²) in [6.45, 7) is 4.54. The van der Waals surface area contributed by atoms with Crippen molar-refractivity contribution in [1.29, 1.82) is 0 Å². The number of rotatable bonds is 6. The molecule has 3 aromatic rings. The van der Waals surface area contributed by atoms with E-state index in [0.29, 0.717) is 23.8 Å². The first kappa shape index (κ1) is 19.1. The van der Waals surface area contributed by atoms with Crippen molar-refractivity contribution in [3.05, 3.63) is 50.1 Å². The zero-order valence-electron chi connectivity index (χ0n) is 16.2. The first-order valence-corrected chi connectivity index (χ1v) is 10.4. The molecular weight excluding hydrogens is 396 g/mol. The third kappa shape index (κ3) is 3.96. The van der Waals surface area contributed by atoms with Gasteiger partial charge in [-0.3, -0.25) is 0 Å². The minimum Gasteiger partial charge on any atom is -0.493 e. The molecule has 0 amide bonds. The fraction of sp³-hybridized carbons (Fsp3) is 0.421. The Bertz CT molecular complexity index is 1040. The molecule has 2 aromatic heterocycles. The largest absolute Gasteiger partial charge is 0.493 e. The zero-order valence-corrected chi connectivity index (χ0v) is 17.8. The van der Waals surface area contributed by atoms with Crippen LogP contribution in [-0.4, -0.2) is 35.5 Å². The van der Waals surface area contributed by atoms with Gasteiger partial charge in [0.05, 0.1) is 37.9 Å². The van der Waals surface area contributed by atoms with E-state index in [1.165, 1.54) is 16.0 Å². The SMILES string of the molecule is COc1cc2c(cc1OC)C[NH+](Cn1nc(Cc3csc(C)n3)oc1=S)CC2. The molecule has 1 unspecified atom stereocenters. The lowest BCUT2D eigenvalue weighted by Gasteiger charge is -2.26. The molecule has 0 bridgehead atoms. The fourth-order valence-electron chi connectivity index (χ4n) is 3.54. The van der Waals surface area contributed by atoms with Crippen LogP contribution in [0.5, 0.6) is 11.5 Å². The topological polar surface area (TPSA) is 66.8 Å². The Kier molecular flexibility index (Phi) is 5.47. The van der Waals surface area contributed by atoms with Gasteiger partial charge in [-0.05, 0) is 36.8 Å². The van der Waals surface area contributed by atoms with Gasteiger partial charge in [0.15, 0.2) is 18.2 Å². The van der Waals surface area contributed by atoms with Gasteiger partial charge in [-0.25, -0.2) is 4.98 Å². The first-order chi connectivity index (χ1) is 13.6. The Balaban J connectivity index is 1.48. The van der Waals surface area contributed by atoms with Gasteiger partial charge < -0.3 is 18.8 Å². The molecule has 1 aliphatic heterocycles. The second-order valence-corrected chi connectivity index (χ2v) is 8.27. The number of quaternary nitrogens is 1. The van der Waals surface area contributed by atoms with Crippen LogP contribution < -0.4 is 14.4 Å². The molecule has 0 saturated heterocycles. The van der Waals surface area contributed by atoms with Crippen LogP contribution in [-0.2, 0) is 26.1 Å². The van der Waals surface area contributed by atoms with Gasteiger partial charge in [-0.1, -0.05) is 0 Å². The fourth-order valence-corrected chi connectivity index (χ4v) is 4.36. The van der Waals surface area contributed by atoms with Crippen LogP contribution in [0.15, 0.2) is 21.9 Å². The van der Waals surface area contributed by atoms with Crippen molar-refractivity contribution >= 4 is 23.6 Å². The Morgan fingerprint density at radius 2 is 2.00 bits per heavy atom. The molecule has 9 heteroatoms. The summed E-state index contributed by atoms with van der Waals surface area (Å²) in [6, 6.07) is 4.16. The van der Waals surface area contributed by atoms with Gasteiger partial charge in [0.25, 0.3) is 4.84 Å². The smallest absolute Gasteiger partial charge is 0.291 e. The van der Waals surface area contributed by atoms with E-state index in [4.69, 9.17) is 26.1 Å². The second-order valence-electron chi connectivity index (χ2n) is 6.86. The summed E-state index contributed by atoms with van der Waals surface area (Å²) in [5, 5.41) is 7.64. The van der Waals surface area contributed by atoms with E-state index in [2.05, 4.69) is 22.2 Å². The number of aromatic nitrogens is 3. The maximum absolute atomic E-state index is 5.69. The molecule has 0 aliphatic carbocycles. The average molecular weight is 420 g/mol. The maximum atomic E-state index is 5.69. The normalized spacial score (nSPS) is 16.0. The molecule has 1 aliphatic rings. The van der Waals surface area contributed by atoms with E-state index in [1.54, 1.807) is 30.2 Å². The molecule has 28 heavy (non-hydrogen) atoms. The molecule has 7 nitrogen and oxygen atoms in total. The van der Waals surface area contributed by atoms with Crippen LogP contribution in [0.4, 0.5) is 0 Å². The third-order valence-electron chi connectivity index (χ3n) is 4.91. The molecule has 0 radical (unpaired) electrons. The minimum absolute atomic E-state index is 0.410. The van der Waals surface area contributed by atoms with Gasteiger partial charge >= 0.3 is 0 Å². The lowest BCUT2D eigenvalue weighted by molar-refractivity contribution is -0.939. The van der Waals surface area contributed by atoms with Crippen molar-refractivity contribution in [2.45, 2.75) is 33.0 Å². The lowest BCUT2D eigenvalue weighted by Crippen LogP contribution is -3.11. The number of nitrogens with one attached hydrogen (secondary N) is 1. The standard InChI is InChI=1S/C19H22N4O3S2/c1-12-20-15(10-28-12)8-18-21-23(19(27)26-18)11-22-5-4-13-6-16(24-2)17(25-3)7-14(13)9-22/h6-7,10H,4-5,8-9,11H2,1-3H3/p+1. The van der Waals surface area contributed by atoms with Crippen LogP contribution >= 0.6 is 23.6 Å². The van der Waals surface area contributed by atoms with Gasteiger partial charge in [-0.2, -0.15) is 4.68 Å². The quantitative estimate of drug-likeness (QED) is 0.618. The van der Waals surface area contributed by atoms with E-state index in [9.17, 15) is 0 Å². The van der Waals surface area contributed by atoms with Crippen molar-refractivity contribution in [2.24, 2.45) is 0 Å². The van der Waals surface area contributed by atoms with Crippen LogP contribution in [0.2, 0.25) is 0 Å². The van der Waals surface area contributed by atoms with Crippen LogP contribution in [0.1, 0.15) is 27.7 Å². The summed E-state index contributed by atoms with van der Waals surface area (Å²) in [5.74, 6) is 2.16. The van der Waals surface area contributed by atoms with Gasteiger partial charge in [0, 0.05) is 17.4 Å². The number of aryl methyl sites for hydroxylation is 1. The molecule has 1 aromatic carbocycles. The van der Waals surface area contributed by atoms with Crippen LogP contribution in [0.3, 0.4) is 0 Å². The predicted octanol–water partition coefficient (Wildman–Crippen LogP) is 2.18. The number of hydrogen-bond donors (Lipinski definition) is 1. The van der Waals surface area contributed by atoms with Crippen LogP contribution in [0, 0.1) is 11.8 Å². The van der Waals surface area contributed by atoms with Crippen molar-refractivity contribution < 1.29 is 18.8 Å². The van der Waals surface area contributed by atoms with Crippen molar-refractivity contribution in [1.82, 2.24) is 14.8 Å². The molecule has 0 saturated carbocycles. The summed E-state index contributed by atoms with van der Waals surface area (Å²) in [5.41, 5.74) is 3.54. The molecule has 1 N–H and O–H groups in total. The number of hydrogen-bond acceptors (Lipinski definition) is 7. The predicted molar refractivity (Wildman–Crippen MR) is 108 cm³/mol. The number of thiazole rings is 1. The number of fused-ring (bicyclic) bond motifs is 1. The monoisotopic (exact) mass is 419 g/mol. The van der Waals surface area contributed by atoms with E-state index in [1.807, 2.05) is 12.3 Å². The zero-order chi connectivity index (χ0) is 19.7. The Morgan fingerprint density at radius 1 is 1.25 bits per heavy atom. The number of ether oxygens (including phenoxy) is 2. The highest BCUT2D eigenvalue weighted by Crippen LogP contribution is 2.31. The maximum Gasteiger partial charge on any atom is 0.291 e. The molecule has 0 fully saturated rings. The Hall–Kier alpha value is -2.23. The summed E-state index contributed by atoms with van der Waals surface area (Å²) in [4.78, 5) is 6.25. The van der Waals surface area contributed by atoms with Crippen molar-refractivity contribution in [2.75, 3.05) is 20.8 Å². The summed E-state index contributed by atoms with van der Waals surface area (Å²) in [6.07, 6.45) is 1.54. The molecule has 1 atom stereocenters. The Labute approximate surface area is 172 Å². The highest BCUT2D eigenvalue weighted by atomic mass is 32.1. The van der Waals surface area contributed by atoms with E-state index < -0.39 is 0 Å². The highest BCUT2D eigenvalue weighted by Gasteiger charge is 2.23. The lowest BCUT2D eigenvalue weighted by atomic mass is 9.99. The van der Waals surface area contributed by atoms with Gasteiger partial charge in [0.1, 0.15) is 6.54 Å². The van der Waals surface area contributed by atoms with Gasteiger partial charge in [-0.15, -0.1) is 16.4 Å². The first-order valence-electron chi connectivity index (χ1n) is 9.11. The second kappa shape index (κ2) is 8.02. The van der Waals surface area contributed by atoms with Gasteiger partial charge in [0.2, 0.25) is 5.89 Å². The molecule has 4 rings (SSSR count). The summed E-state index contributed by atoms with van der Waals surface area (Å²) < 4.78 is 18.3. The number of methoxy groups -OCH3 is 2.